The molecule has 1 atom stereocenters. The molecule has 1 amide bonds. The molecule has 2 rings (SSSR count). The van der Waals surface area contributed by atoms with Crippen molar-refractivity contribution >= 4 is 23.6 Å². The van der Waals surface area contributed by atoms with Gasteiger partial charge in [0.05, 0.1) is 0 Å². The number of hydrogen-bond acceptors (Lipinski definition) is 4. The highest BCUT2D eigenvalue weighted by Gasteiger charge is 2.13. The monoisotopic (exact) mass is 364 g/mol. The molecule has 0 radical (unpaired) electrons. The zero-order valence-corrected chi connectivity index (χ0v) is 15.3. The fourth-order valence-corrected chi connectivity index (χ4v) is 2.29. The molecule has 0 heterocycles. The van der Waals surface area contributed by atoms with Gasteiger partial charge in [0.1, 0.15) is 17.4 Å². The Morgan fingerprint density at radius 3 is 2.44 bits per heavy atom. The summed E-state index contributed by atoms with van der Waals surface area (Å²) < 4.78 is 5.25. The summed E-state index contributed by atoms with van der Waals surface area (Å²) in [5.74, 6) is -1.17. The van der Waals surface area contributed by atoms with Gasteiger partial charge < -0.3 is 15.2 Å². The van der Waals surface area contributed by atoms with Crippen molar-refractivity contribution in [3.05, 3.63) is 64.7 Å². The van der Waals surface area contributed by atoms with E-state index in [9.17, 15) is 14.9 Å². The van der Waals surface area contributed by atoms with Crippen molar-refractivity contribution in [3.63, 3.8) is 0 Å². The third-order valence-corrected chi connectivity index (χ3v) is 4.07. The van der Waals surface area contributed by atoms with Crippen LogP contribution in [0.5, 0.6) is 5.75 Å². The van der Waals surface area contributed by atoms with E-state index in [1.165, 1.54) is 13.0 Å². The maximum absolute atomic E-state index is 12.4. The van der Waals surface area contributed by atoms with Crippen LogP contribution in [0.4, 0.5) is 5.69 Å². The Morgan fingerprint density at radius 2 is 1.85 bits per heavy atom. The number of anilines is 1. The maximum Gasteiger partial charge on any atom is 0.344 e. The number of carboxylic acid groups (broad SMARTS) is 1. The van der Waals surface area contributed by atoms with Crippen LogP contribution >= 0.6 is 0 Å². The number of aryl methyl sites for hydroxylation is 1. The predicted octanol–water partition coefficient (Wildman–Crippen LogP) is 3.70. The van der Waals surface area contributed by atoms with Gasteiger partial charge in [-0.2, -0.15) is 5.26 Å². The van der Waals surface area contributed by atoms with Crippen molar-refractivity contribution in [2.75, 3.05) is 5.32 Å². The van der Waals surface area contributed by atoms with Crippen LogP contribution in [-0.4, -0.2) is 23.1 Å². The van der Waals surface area contributed by atoms with Gasteiger partial charge in [-0.25, -0.2) is 4.79 Å². The lowest BCUT2D eigenvalue weighted by molar-refractivity contribution is -0.144. The molecular weight excluding hydrogens is 344 g/mol. The van der Waals surface area contributed by atoms with Gasteiger partial charge in [-0.3, -0.25) is 4.79 Å². The molecule has 2 aromatic carbocycles. The minimum absolute atomic E-state index is 0.0384. The smallest absolute Gasteiger partial charge is 0.344 e. The lowest BCUT2D eigenvalue weighted by Crippen LogP contribution is -2.22. The van der Waals surface area contributed by atoms with E-state index in [1.807, 2.05) is 32.0 Å². The van der Waals surface area contributed by atoms with Crippen LogP contribution in [0.3, 0.4) is 0 Å². The summed E-state index contributed by atoms with van der Waals surface area (Å²) in [6.45, 7) is 5.28. The second-order valence-corrected chi connectivity index (χ2v) is 6.04. The van der Waals surface area contributed by atoms with Gasteiger partial charge in [0.2, 0.25) is 0 Å². The van der Waals surface area contributed by atoms with Crippen LogP contribution in [0.2, 0.25) is 0 Å². The van der Waals surface area contributed by atoms with Crippen molar-refractivity contribution in [1.82, 2.24) is 0 Å². The number of amides is 1. The molecule has 0 aliphatic heterocycles. The normalized spacial score (nSPS) is 12.0. The number of carbonyl (C=O) groups is 2. The molecule has 27 heavy (non-hydrogen) atoms. The summed E-state index contributed by atoms with van der Waals surface area (Å²) in [6, 6.07) is 13.9. The van der Waals surface area contributed by atoms with Crippen molar-refractivity contribution in [3.8, 4) is 11.8 Å². The highest BCUT2D eigenvalue weighted by Crippen LogP contribution is 2.20. The van der Waals surface area contributed by atoms with Crippen LogP contribution < -0.4 is 10.1 Å². The minimum atomic E-state index is -1.06. The first-order chi connectivity index (χ1) is 12.8. The molecule has 2 N–H and O–H groups in total. The summed E-state index contributed by atoms with van der Waals surface area (Å²) in [6.07, 6.45) is 0.495. The average molecular weight is 364 g/mol. The molecule has 0 saturated carbocycles. The van der Waals surface area contributed by atoms with Crippen molar-refractivity contribution in [2.24, 2.45) is 0 Å². The second-order valence-electron chi connectivity index (χ2n) is 6.04. The third kappa shape index (κ3) is 5.19. The summed E-state index contributed by atoms with van der Waals surface area (Å²) in [7, 11) is 0. The maximum atomic E-state index is 12.4. The Kier molecular flexibility index (Phi) is 6.34. The van der Waals surface area contributed by atoms with Gasteiger partial charge in [0.15, 0.2) is 6.10 Å². The van der Waals surface area contributed by atoms with E-state index in [4.69, 9.17) is 9.84 Å². The number of aliphatic carboxylic acids is 1. The fraction of sp³-hybridized carbons (Fsp3) is 0.190. The molecule has 0 fully saturated rings. The number of nitrogens with zero attached hydrogens (tertiary/aromatic N) is 1. The number of hydrogen-bond donors (Lipinski definition) is 2. The Balaban J connectivity index is 2.15. The number of nitrogens with one attached hydrogen (secondary N) is 1. The SMILES string of the molecule is Cc1cccc(NC(=O)/C(C#N)=C\c2ccc(O[C@H](C)C(=O)O)cc2)c1C. The molecule has 6 nitrogen and oxygen atoms in total. The van der Waals surface area contributed by atoms with E-state index < -0.39 is 18.0 Å². The number of benzene rings is 2. The quantitative estimate of drug-likeness (QED) is 0.601. The van der Waals surface area contributed by atoms with Crippen LogP contribution in [0.1, 0.15) is 23.6 Å². The first kappa shape index (κ1) is 19.7. The van der Waals surface area contributed by atoms with E-state index in [1.54, 1.807) is 30.3 Å². The van der Waals surface area contributed by atoms with Crippen molar-refractivity contribution in [2.45, 2.75) is 26.9 Å². The topological polar surface area (TPSA) is 99.4 Å². The number of rotatable bonds is 6. The number of carbonyl (C=O) groups excluding carboxylic acids is 1. The number of carboxylic acids is 1. The Morgan fingerprint density at radius 1 is 1.19 bits per heavy atom. The van der Waals surface area contributed by atoms with Crippen molar-refractivity contribution in [1.29, 1.82) is 5.26 Å². The lowest BCUT2D eigenvalue weighted by atomic mass is 10.1. The number of nitriles is 1. The van der Waals surface area contributed by atoms with Gasteiger partial charge >= 0.3 is 5.97 Å². The zero-order chi connectivity index (χ0) is 20.0. The standard InChI is InChI=1S/C21H20N2O4/c1-13-5-4-6-19(14(13)2)23-20(24)17(12-22)11-16-7-9-18(10-8-16)27-15(3)21(25)26/h4-11,15H,1-3H3,(H,23,24)(H,25,26)/b17-11-/t15-/m1/s1. The van der Waals surface area contributed by atoms with Crippen LogP contribution in [0.15, 0.2) is 48.0 Å². The molecule has 0 unspecified atom stereocenters. The minimum Gasteiger partial charge on any atom is -0.479 e. The molecule has 0 bridgehead atoms. The first-order valence-corrected chi connectivity index (χ1v) is 8.30. The van der Waals surface area contributed by atoms with Crippen LogP contribution in [0, 0.1) is 25.2 Å². The van der Waals surface area contributed by atoms with Gasteiger partial charge in [0, 0.05) is 5.69 Å². The van der Waals surface area contributed by atoms with Gasteiger partial charge in [-0.05, 0) is 61.7 Å². The van der Waals surface area contributed by atoms with E-state index in [0.717, 1.165) is 11.1 Å². The second kappa shape index (κ2) is 8.68. The van der Waals surface area contributed by atoms with E-state index in [-0.39, 0.29) is 5.57 Å². The number of ether oxygens (including phenoxy) is 1. The zero-order valence-electron chi connectivity index (χ0n) is 15.3. The van der Waals surface area contributed by atoms with Crippen molar-refractivity contribution < 1.29 is 19.4 Å². The highest BCUT2D eigenvalue weighted by molar-refractivity contribution is 6.10. The molecular formula is C21H20N2O4. The Hall–Kier alpha value is -3.59. The third-order valence-electron chi connectivity index (χ3n) is 4.07. The average Bonchev–Trinajstić information content (AvgIpc) is 2.64. The molecule has 0 spiro atoms. The molecule has 0 saturated heterocycles. The summed E-state index contributed by atoms with van der Waals surface area (Å²) in [4.78, 5) is 23.2. The van der Waals surface area contributed by atoms with Gasteiger partial charge in [-0.1, -0.05) is 24.3 Å². The van der Waals surface area contributed by atoms with Crippen LogP contribution in [-0.2, 0) is 9.59 Å². The van der Waals surface area contributed by atoms with E-state index in [2.05, 4.69) is 5.32 Å². The Labute approximate surface area is 157 Å². The molecule has 0 aliphatic carbocycles. The summed E-state index contributed by atoms with van der Waals surface area (Å²) in [5, 5.41) is 20.9. The first-order valence-electron chi connectivity index (χ1n) is 8.30. The molecule has 6 heteroatoms. The molecule has 138 valence electrons. The predicted molar refractivity (Wildman–Crippen MR) is 102 cm³/mol. The summed E-state index contributed by atoms with van der Waals surface area (Å²) >= 11 is 0. The van der Waals surface area contributed by atoms with Gasteiger partial charge in [-0.15, -0.1) is 0 Å². The van der Waals surface area contributed by atoms with E-state index in [0.29, 0.717) is 17.0 Å². The van der Waals surface area contributed by atoms with Gasteiger partial charge in [0.25, 0.3) is 5.91 Å². The molecule has 0 aromatic heterocycles. The lowest BCUT2D eigenvalue weighted by Gasteiger charge is -2.11. The highest BCUT2D eigenvalue weighted by atomic mass is 16.5. The fourth-order valence-electron chi connectivity index (χ4n) is 2.29. The largest absolute Gasteiger partial charge is 0.479 e. The van der Waals surface area contributed by atoms with Crippen LogP contribution in [0.25, 0.3) is 6.08 Å². The Bertz CT molecular complexity index is 924. The molecule has 2 aromatic rings. The molecule has 0 aliphatic rings. The van der Waals surface area contributed by atoms with E-state index >= 15 is 0 Å². The summed E-state index contributed by atoms with van der Waals surface area (Å²) in [5.41, 5.74) is 3.23.